The quantitative estimate of drug-likeness (QED) is 0.148. The van der Waals surface area contributed by atoms with Gasteiger partial charge in [0.1, 0.15) is 18.2 Å². The molecule has 0 amide bonds. The molecule has 0 unspecified atom stereocenters. The molecule has 0 saturated heterocycles. The van der Waals surface area contributed by atoms with Gasteiger partial charge in [-0.15, -0.1) is 0 Å². The lowest BCUT2D eigenvalue weighted by Gasteiger charge is -2.20. The normalized spacial score (nSPS) is 11.3. The van der Waals surface area contributed by atoms with Crippen LogP contribution in [0, 0.1) is 5.41 Å². The molecule has 34 heavy (non-hydrogen) atoms. The van der Waals surface area contributed by atoms with Gasteiger partial charge in [-0.2, -0.15) is 0 Å². The Bertz CT molecular complexity index is 1370. The van der Waals surface area contributed by atoms with E-state index in [1.54, 1.807) is 7.05 Å². The number of para-hydroxylation sites is 1. The summed E-state index contributed by atoms with van der Waals surface area (Å²) in [5.41, 5.74) is 9.96. The Morgan fingerprint density at radius 2 is 1.74 bits per heavy atom. The minimum atomic E-state index is 0.120. The maximum absolute atomic E-state index is 8.65. The molecule has 0 aliphatic rings. The number of benzene rings is 3. The average Bonchev–Trinajstić information content (AvgIpc) is 2.86. The van der Waals surface area contributed by atoms with E-state index in [4.69, 9.17) is 39.7 Å². The van der Waals surface area contributed by atoms with Crippen molar-refractivity contribution in [1.82, 2.24) is 9.88 Å². The average molecular weight is 487 g/mol. The molecule has 0 radical (unpaired) electrons. The minimum absolute atomic E-state index is 0.120. The van der Waals surface area contributed by atoms with E-state index in [-0.39, 0.29) is 10.9 Å². The number of aromatic nitrogens is 1. The van der Waals surface area contributed by atoms with E-state index in [2.05, 4.69) is 4.98 Å². The molecule has 1 heterocycles. The molecule has 1 aromatic heterocycles. The molecule has 170 valence electrons. The highest BCUT2D eigenvalue weighted by molar-refractivity contribution is 7.80. The van der Waals surface area contributed by atoms with E-state index in [9.17, 15) is 0 Å². The number of nitrogens with zero attached hydrogens (tertiary/aromatic N) is 2. The second kappa shape index (κ2) is 10.5. The van der Waals surface area contributed by atoms with Crippen LogP contribution >= 0.6 is 23.8 Å². The van der Waals surface area contributed by atoms with Gasteiger partial charge in [-0.1, -0.05) is 60.1 Å². The van der Waals surface area contributed by atoms with E-state index in [1.165, 1.54) is 4.90 Å². The largest absolute Gasteiger partial charge is 0.487 e. The van der Waals surface area contributed by atoms with Crippen LogP contribution in [0.4, 0.5) is 0 Å². The lowest BCUT2D eigenvalue weighted by molar-refractivity contribution is 0.302. The van der Waals surface area contributed by atoms with Crippen molar-refractivity contribution in [3.05, 3.63) is 107 Å². The fourth-order valence-corrected chi connectivity index (χ4v) is 3.60. The summed E-state index contributed by atoms with van der Waals surface area (Å²) < 4.78 is 5.95. The molecule has 4 rings (SSSR count). The van der Waals surface area contributed by atoms with Crippen LogP contribution in [0.1, 0.15) is 16.8 Å². The first kappa shape index (κ1) is 23.4. The van der Waals surface area contributed by atoms with Crippen molar-refractivity contribution in [3.8, 4) is 5.75 Å². The minimum Gasteiger partial charge on any atom is -0.487 e. The Hall–Kier alpha value is -3.74. The van der Waals surface area contributed by atoms with Gasteiger partial charge in [0.2, 0.25) is 0 Å². The van der Waals surface area contributed by atoms with E-state index < -0.39 is 0 Å². The molecule has 0 atom stereocenters. The maximum Gasteiger partial charge on any atom is 0.171 e. The molecule has 0 saturated carbocycles. The van der Waals surface area contributed by atoms with Gasteiger partial charge in [0.15, 0.2) is 5.11 Å². The SMILES string of the molecule is CN(C(=N)/C(=C/c1ccc(Cl)cc1)c1ccc(OCc2ccc3ccccc3n2)cc1)C(N)=S. The predicted octanol–water partition coefficient (Wildman–Crippen LogP) is 6.16. The second-order valence-electron chi connectivity index (χ2n) is 7.66. The first-order valence-corrected chi connectivity index (χ1v) is 11.4. The molecule has 4 aromatic rings. The molecular formula is C27H23ClN4OS. The van der Waals surface area contributed by atoms with Gasteiger partial charge in [0, 0.05) is 23.0 Å². The first-order valence-electron chi connectivity index (χ1n) is 10.6. The number of ether oxygens (including phenoxy) is 1. The highest BCUT2D eigenvalue weighted by Gasteiger charge is 2.15. The van der Waals surface area contributed by atoms with Crippen LogP contribution in [0.25, 0.3) is 22.6 Å². The van der Waals surface area contributed by atoms with Crippen molar-refractivity contribution < 1.29 is 4.74 Å². The molecule has 0 spiro atoms. The van der Waals surface area contributed by atoms with Gasteiger partial charge in [0.25, 0.3) is 0 Å². The molecule has 3 aromatic carbocycles. The third kappa shape index (κ3) is 5.60. The van der Waals surface area contributed by atoms with Crippen molar-refractivity contribution in [2.45, 2.75) is 6.61 Å². The van der Waals surface area contributed by atoms with Crippen molar-refractivity contribution in [2.24, 2.45) is 5.73 Å². The van der Waals surface area contributed by atoms with E-state index >= 15 is 0 Å². The monoisotopic (exact) mass is 486 g/mol. The van der Waals surface area contributed by atoms with E-state index in [1.807, 2.05) is 91.0 Å². The standard InChI is InChI=1S/C27H23ClN4OS/c1-32(27(30)34)26(29)24(16-18-6-11-21(28)12-7-18)19-9-14-23(15-10-19)33-17-22-13-8-20-4-2-3-5-25(20)31-22/h2-16,29H,17H2,1H3,(H2,30,34)/b24-16+,29-26?. The summed E-state index contributed by atoms with van der Waals surface area (Å²) in [6, 6.07) is 27.0. The number of likely N-dealkylation sites (N-methyl/N-ethyl adjacent to an activating group) is 1. The maximum atomic E-state index is 8.65. The first-order chi connectivity index (χ1) is 16.4. The van der Waals surface area contributed by atoms with Gasteiger partial charge in [0.05, 0.1) is 11.2 Å². The lowest BCUT2D eigenvalue weighted by Crippen LogP contribution is -2.37. The fraction of sp³-hybridized carbons (Fsp3) is 0.0741. The number of hydrogen-bond acceptors (Lipinski definition) is 4. The predicted molar refractivity (Wildman–Crippen MR) is 144 cm³/mol. The van der Waals surface area contributed by atoms with Crippen molar-refractivity contribution in [1.29, 1.82) is 5.41 Å². The number of hydrogen-bond donors (Lipinski definition) is 2. The third-order valence-electron chi connectivity index (χ3n) is 5.31. The Morgan fingerprint density at radius 3 is 2.44 bits per heavy atom. The third-order valence-corrected chi connectivity index (χ3v) is 5.84. The van der Waals surface area contributed by atoms with Crippen molar-refractivity contribution >= 4 is 57.3 Å². The van der Waals surface area contributed by atoms with E-state index in [0.717, 1.165) is 27.7 Å². The van der Waals surface area contributed by atoms with Crippen LogP contribution in [0.3, 0.4) is 0 Å². The van der Waals surface area contributed by atoms with Gasteiger partial charge in [-0.05, 0) is 65.8 Å². The van der Waals surface area contributed by atoms with Gasteiger partial charge in [-0.25, -0.2) is 4.98 Å². The number of halogens is 1. The van der Waals surface area contributed by atoms with E-state index in [0.29, 0.717) is 23.0 Å². The Morgan fingerprint density at radius 1 is 1.03 bits per heavy atom. The number of rotatable bonds is 6. The molecule has 3 N–H and O–H groups in total. The number of pyridine rings is 1. The summed E-state index contributed by atoms with van der Waals surface area (Å²) in [6.45, 7) is 0.359. The Kier molecular flexibility index (Phi) is 7.21. The summed E-state index contributed by atoms with van der Waals surface area (Å²) in [7, 11) is 1.68. The lowest BCUT2D eigenvalue weighted by atomic mass is 10.0. The van der Waals surface area contributed by atoms with Crippen LogP contribution in [0.2, 0.25) is 5.02 Å². The highest BCUT2D eigenvalue weighted by Crippen LogP contribution is 2.25. The van der Waals surface area contributed by atoms with Crippen LogP contribution < -0.4 is 10.5 Å². The number of nitrogens with one attached hydrogen (secondary N) is 1. The van der Waals surface area contributed by atoms with Gasteiger partial charge < -0.3 is 15.4 Å². The molecule has 5 nitrogen and oxygen atoms in total. The van der Waals surface area contributed by atoms with Crippen molar-refractivity contribution in [3.63, 3.8) is 0 Å². The zero-order valence-corrected chi connectivity index (χ0v) is 20.1. The number of amidine groups is 1. The summed E-state index contributed by atoms with van der Waals surface area (Å²) in [6.07, 6.45) is 1.91. The molecule has 0 fully saturated rings. The second-order valence-corrected chi connectivity index (χ2v) is 8.52. The van der Waals surface area contributed by atoms with Gasteiger partial charge in [-0.3, -0.25) is 5.41 Å². The van der Waals surface area contributed by atoms with Crippen LogP contribution in [-0.2, 0) is 6.61 Å². The zero-order valence-electron chi connectivity index (χ0n) is 18.5. The topological polar surface area (TPSA) is 75.2 Å². The Labute approximate surface area is 209 Å². The summed E-state index contributed by atoms with van der Waals surface area (Å²) >= 11 is 11.1. The summed E-state index contributed by atoms with van der Waals surface area (Å²) in [4.78, 5) is 6.11. The Balaban J connectivity index is 1.55. The van der Waals surface area contributed by atoms with Crippen LogP contribution in [0.15, 0.2) is 84.9 Å². The fourth-order valence-electron chi connectivity index (χ4n) is 3.38. The molecular weight excluding hydrogens is 464 g/mol. The van der Waals surface area contributed by atoms with Crippen LogP contribution in [-0.4, -0.2) is 27.9 Å². The van der Waals surface area contributed by atoms with Crippen LogP contribution in [0.5, 0.6) is 5.75 Å². The number of nitrogens with two attached hydrogens (primary N) is 1. The molecule has 0 bridgehead atoms. The van der Waals surface area contributed by atoms with Gasteiger partial charge >= 0.3 is 0 Å². The number of fused-ring (bicyclic) bond motifs is 1. The zero-order chi connectivity index (χ0) is 24.1. The highest BCUT2D eigenvalue weighted by atomic mass is 35.5. The number of thiocarbonyl (C=S) groups is 1. The molecule has 0 aliphatic carbocycles. The van der Waals surface area contributed by atoms with Crippen molar-refractivity contribution in [2.75, 3.05) is 7.05 Å². The summed E-state index contributed by atoms with van der Waals surface area (Å²) in [5.74, 6) is 0.898. The smallest absolute Gasteiger partial charge is 0.171 e. The summed E-state index contributed by atoms with van der Waals surface area (Å²) in [5, 5.41) is 10.5. The molecule has 7 heteroatoms. The molecule has 0 aliphatic heterocycles.